The summed E-state index contributed by atoms with van der Waals surface area (Å²) in [6.45, 7) is 5.63. The number of benzene rings is 1. The summed E-state index contributed by atoms with van der Waals surface area (Å²) in [6.07, 6.45) is 1.17. The molecule has 1 aromatic rings. The van der Waals surface area contributed by atoms with E-state index in [2.05, 4.69) is 21.2 Å². The molecule has 1 aromatic carbocycles. The topological polar surface area (TPSA) is 46.2 Å². The molecule has 0 spiro atoms. The van der Waals surface area contributed by atoms with Gasteiger partial charge in [-0.3, -0.25) is 0 Å². The predicted molar refractivity (Wildman–Crippen MR) is 79.4 cm³/mol. The van der Waals surface area contributed by atoms with Crippen molar-refractivity contribution >= 4 is 25.8 Å². The number of nitrogens with one attached hydrogen (secondary N) is 1. The van der Waals surface area contributed by atoms with Gasteiger partial charge in [0.25, 0.3) is 0 Å². The summed E-state index contributed by atoms with van der Waals surface area (Å²) in [4.78, 5) is 0. The van der Waals surface area contributed by atoms with Gasteiger partial charge in [-0.25, -0.2) is 12.8 Å². The minimum atomic E-state index is -3.35. The minimum Gasteiger partial charge on any atom is -0.309 e. The van der Waals surface area contributed by atoms with Crippen molar-refractivity contribution in [3.63, 3.8) is 0 Å². The highest BCUT2D eigenvalue weighted by Crippen LogP contribution is 2.34. The van der Waals surface area contributed by atoms with Crippen molar-refractivity contribution in [1.82, 2.24) is 5.32 Å². The molecule has 0 saturated heterocycles. The molecule has 0 bridgehead atoms. The van der Waals surface area contributed by atoms with Crippen LogP contribution >= 0.6 is 15.9 Å². The van der Waals surface area contributed by atoms with Crippen molar-refractivity contribution in [2.45, 2.75) is 31.6 Å². The van der Waals surface area contributed by atoms with Crippen molar-refractivity contribution in [2.24, 2.45) is 0 Å². The number of hydrogen-bond donors (Lipinski definition) is 1. The molecule has 0 fully saturated rings. The molecule has 0 saturated carbocycles. The van der Waals surface area contributed by atoms with E-state index in [4.69, 9.17) is 0 Å². The molecule has 1 N–H and O–H groups in total. The molecule has 0 amide bonds. The molecule has 0 radical (unpaired) electrons. The molecule has 0 aromatic heterocycles. The van der Waals surface area contributed by atoms with E-state index in [0.29, 0.717) is 12.1 Å². The highest BCUT2D eigenvalue weighted by Gasteiger charge is 2.40. The Hall–Kier alpha value is -0.460. The largest absolute Gasteiger partial charge is 0.309 e. The van der Waals surface area contributed by atoms with Crippen LogP contribution in [0, 0.1) is 5.82 Å². The second-order valence-electron chi connectivity index (χ2n) is 5.03. The van der Waals surface area contributed by atoms with E-state index in [1.807, 2.05) is 6.92 Å². The maximum absolute atomic E-state index is 14.0. The van der Waals surface area contributed by atoms with E-state index in [9.17, 15) is 12.8 Å². The molecule has 108 valence electrons. The summed E-state index contributed by atoms with van der Waals surface area (Å²) in [7, 11) is -3.35. The van der Waals surface area contributed by atoms with Crippen LogP contribution in [0.15, 0.2) is 22.7 Å². The molecule has 3 nitrogen and oxygen atoms in total. The summed E-state index contributed by atoms with van der Waals surface area (Å²) >= 11 is 3.29. The molecule has 6 heteroatoms. The second-order valence-corrected chi connectivity index (χ2v) is 8.54. The Morgan fingerprint density at radius 1 is 1.42 bits per heavy atom. The smallest absolute Gasteiger partial charge is 0.154 e. The quantitative estimate of drug-likeness (QED) is 0.886. The lowest BCUT2D eigenvalue weighted by atomic mass is 9.94. The highest BCUT2D eigenvalue weighted by molar-refractivity contribution is 9.10. The van der Waals surface area contributed by atoms with E-state index < -0.39 is 26.4 Å². The zero-order valence-corrected chi connectivity index (χ0v) is 13.9. The van der Waals surface area contributed by atoms with Crippen molar-refractivity contribution in [3.8, 4) is 0 Å². The third-order valence-electron chi connectivity index (χ3n) is 3.33. The van der Waals surface area contributed by atoms with Gasteiger partial charge in [0.1, 0.15) is 5.82 Å². The monoisotopic (exact) mass is 351 g/mol. The van der Waals surface area contributed by atoms with Crippen LogP contribution < -0.4 is 5.32 Å². The average molecular weight is 352 g/mol. The fraction of sp³-hybridized carbons (Fsp3) is 0.538. The van der Waals surface area contributed by atoms with Crippen LogP contribution in [0.3, 0.4) is 0 Å². The van der Waals surface area contributed by atoms with Crippen molar-refractivity contribution in [1.29, 1.82) is 0 Å². The third kappa shape index (κ3) is 3.55. The van der Waals surface area contributed by atoms with Crippen molar-refractivity contribution < 1.29 is 12.8 Å². The Kier molecular flexibility index (Phi) is 5.15. The molecule has 0 heterocycles. The van der Waals surface area contributed by atoms with Crippen LogP contribution in [0.2, 0.25) is 0 Å². The van der Waals surface area contributed by atoms with Crippen LogP contribution in [0.25, 0.3) is 0 Å². The standard InChI is InChI=1S/C13H19BrFNO2S/c1-5-16-12(13(2,3)19(4,17)18)10-8-9(14)6-7-11(10)15/h6-8,12,16H,5H2,1-4H3. The highest BCUT2D eigenvalue weighted by atomic mass is 79.9. The van der Waals surface area contributed by atoms with Crippen LogP contribution in [0.1, 0.15) is 32.4 Å². The Morgan fingerprint density at radius 2 is 2.00 bits per heavy atom. The molecular weight excluding hydrogens is 333 g/mol. The second kappa shape index (κ2) is 5.89. The number of hydrogen-bond acceptors (Lipinski definition) is 3. The zero-order valence-electron chi connectivity index (χ0n) is 11.5. The van der Waals surface area contributed by atoms with Gasteiger partial charge >= 0.3 is 0 Å². The Labute approximate surface area is 122 Å². The molecule has 1 rings (SSSR count). The van der Waals surface area contributed by atoms with Gasteiger partial charge in [0.05, 0.1) is 10.8 Å². The van der Waals surface area contributed by atoms with Gasteiger partial charge in [-0.05, 0) is 38.6 Å². The number of sulfone groups is 1. The Morgan fingerprint density at radius 3 is 2.47 bits per heavy atom. The van der Waals surface area contributed by atoms with Gasteiger partial charge < -0.3 is 5.32 Å². The zero-order chi connectivity index (χ0) is 14.8. The number of halogens is 2. The molecule has 0 aliphatic heterocycles. The molecule has 0 aliphatic carbocycles. The van der Waals surface area contributed by atoms with Crippen LogP contribution in [0.4, 0.5) is 4.39 Å². The van der Waals surface area contributed by atoms with E-state index in [1.165, 1.54) is 12.3 Å². The summed E-state index contributed by atoms with van der Waals surface area (Å²) in [5, 5.41) is 3.07. The fourth-order valence-corrected chi connectivity index (χ4v) is 2.90. The average Bonchev–Trinajstić information content (AvgIpc) is 2.28. The lowest BCUT2D eigenvalue weighted by molar-refractivity contribution is 0.413. The third-order valence-corrected chi connectivity index (χ3v) is 5.97. The van der Waals surface area contributed by atoms with E-state index in [-0.39, 0.29) is 0 Å². The van der Waals surface area contributed by atoms with E-state index in [1.54, 1.807) is 26.0 Å². The maximum atomic E-state index is 14.0. The number of rotatable bonds is 5. The SMILES string of the molecule is CCNC(c1cc(Br)ccc1F)C(C)(C)S(C)(=O)=O. The lowest BCUT2D eigenvalue weighted by Gasteiger charge is -2.34. The normalized spacial score (nSPS) is 14.4. The summed E-state index contributed by atoms with van der Waals surface area (Å²) in [5.74, 6) is -0.411. The van der Waals surface area contributed by atoms with Crippen LogP contribution in [0.5, 0.6) is 0 Å². The first kappa shape index (κ1) is 16.6. The van der Waals surface area contributed by atoms with Crippen molar-refractivity contribution in [3.05, 3.63) is 34.1 Å². The van der Waals surface area contributed by atoms with Crippen LogP contribution in [-0.4, -0.2) is 26.0 Å². The van der Waals surface area contributed by atoms with E-state index >= 15 is 0 Å². The first-order valence-electron chi connectivity index (χ1n) is 5.99. The molecular formula is C13H19BrFNO2S. The van der Waals surface area contributed by atoms with Crippen LogP contribution in [-0.2, 0) is 9.84 Å². The fourth-order valence-electron chi connectivity index (χ4n) is 1.88. The Balaban J connectivity index is 3.40. The summed E-state index contributed by atoms with van der Waals surface area (Å²) in [6, 6.07) is 3.94. The molecule has 19 heavy (non-hydrogen) atoms. The minimum absolute atomic E-state index is 0.353. The Bertz CT molecular complexity index is 558. The lowest BCUT2D eigenvalue weighted by Crippen LogP contribution is -2.45. The summed E-state index contributed by atoms with van der Waals surface area (Å²) in [5.41, 5.74) is 0.353. The first-order chi connectivity index (χ1) is 8.61. The molecule has 1 atom stereocenters. The first-order valence-corrected chi connectivity index (χ1v) is 8.67. The van der Waals surface area contributed by atoms with Gasteiger partial charge in [-0.2, -0.15) is 0 Å². The van der Waals surface area contributed by atoms with E-state index in [0.717, 1.165) is 4.47 Å². The van der Waals surface area contributed by atoms with Gasteiger partial charge in [0.15, 0.2) is 9.84 Å². The predicted octanol–water partition coefficient (Wildman–Crippen LogP) is 3.06. The van der Waals surface area contributed by atoms with Gasteiger partial charge in [-0.1, -0.05) is 22.9 Å². The molecule has 0 aliphatic rings. The maximum Gasteiger partial charge on any atom is 0.154 e. The van der Waals surface area contributed by atoms with Gasteiger partial charge in [0.2, 0.25) is 0 Å². The van der Waals surface area contributed by atoms with Crippen molar-refractivity contribution in [2.75, 3.05) is 12.8 Å². The van der Waals surface area contributed by atoms with Gasteiger partial charge in [0, 0.05) is 16.3 Å². The molecule has 1 unspecified atom stereocenters. The van der Waals surface area contributed by atoms with Gasteiger partial charge in [-0.15, -0.1) is 0 Å². The summed E-state index contributed by atoms with van der Waals surface area (Å²) < 4.78 is 37.5.